The first-order chi connectivity index (χ1) is 14.5. The molecule has 0 heterocycles. The van der Waals surface area contributed by atoms with E-state index in [2.05, 4.69) is 26.5 Å². The highest BCUT2D eigenvalue weighted by atomic mass is 79.9. The zero-order chi connectivity index (χ0) is 21.3. The van der Waals surface area contributed by atoms with Crippen LogP contribution in [0.5, 0.6) is 11.5 Å². The number of carbonyl (C=O) groups excluding carboxylic acids is 1. The van der Waals surface area contributed by atoms with Crippen LogP contribution >= 0.6 is 15.9 Å². The summed E-state index contributed by atoms with van der Waals surface area (Å²) in [6.45, 7) is 4.36. The largest absolute Gasteiger partial charge is 0.488 e. The van der Waals surface area contributed by atoms with Crippen molar-refractivity contribution in [2.75, 3.05) is 6.61 Å². The van der Waals surface area contributed by atoms with Gasteiger partial charge >= 0.3 is 0 Å². The number of ether oxygens (including phenoxy) is 2. The molecule has 0 aliphatic heterocycles. The molecule has 30 heavy (non-hydrogen) atoms. The molecule has 5 nitrogen and oxygen atoms in total. The lowest BCUT2D eigenvalue weighted by Crippen LogP contribution is -2.24. The molecular formula is C24H23BrN2O3. The second-order valence-corrected chi connectivity index (χ2v) is 7.70. The van der Waals surface area contributed by atoms with E-state index in [1.165, 1.54) is 5.56 Å². The Morgan fingerprint density at radius 1 is 1.00 bits per heavy atom. The van der Waals surface area contributed by atoms with Crippen molar-refractivity contribution in [3.63, 3.8) is 0 Å². The number of hydrazone groups is 1. The molecule has 3 aromatic rings. The van der Waals surface area contributed by atoms with Gasteiger partial charge in [0.2, 0.25) is 0 Å². The summed E-state index contributed by atoms with van der Waals surface area (Å²) in [7, 11) is 0. The van der Waals surface area contributed by atoms with E-state index in [9.17, 15) is 4.79 Å². The standard InChI is InChI=1S/C24H23BrN2O3/c1-17-8-10-22(12-18(17)2)29-16-24(28)27-26-14-20-13-21(25)9-11-23(20)30-15-19-6-4-3-5-7-19/h3-14H,15-16H2,1-2H3,(H,27,28)/b26-14-. The van der Waals surface area contributed by atoms with Crippen LogP contribution in [0.25, 0.3) is 0 Å². The summed E-state index contributed by atoms with van der Waals surface area (Å²) in [6.07, 6.45) is 1.55. The Kier molecular flexibility index (Phi) is 7.63. The van der Waals surface area contributed by atoms with Gasteiger partial charge in [-0.25, -0.2) is 5.43 Å². The number of carbonyl (C=O) groups is 1. The number of nitrogens with one attached hydrogen (secondary N) is 1. The number of hydrogen-bond donors (Lipinski definition) is 1. The molecule has 0 radical (unpaired) electrons. The summed E-state index contributed by atoms with van der Waals surface area (Å²) in [4.78, 5) is 12.0. The Morgan fingerprint density at radius 3 is 2.57 bits per heavy atom. The molecule has 154 valence electrons. The highest BCUT2D eigenvalue weighted by molar-refractivity contribution is 9.10. The van der Waals surface area contributed by atoms with Crippen molar-refractivity contribution in [2.45, 2.75) is 20.5 Å². The van der Waals surface area contributed by atoms with Crippen molar-refractivity contribution in [3.8, 4) is 11.5 Å². The third-order valence-corrected chi connectivity index (χ3v) is 4.94. The fraction of sp³-hybridized carbons (Fsp3) is 0.167. The number of benzene rings is 3. The molecule has 0 saturated carbocycles. The van der Waals surface area contributed by atoms with E-state index in [1.807, 2.05) is 80.6 Å². The number of rotatable bonds is 8. The molecule has 0 aliphatic rings. The predicted octanol–water partition coefficient (Wildman–Crippen LogP) is 5.17. The molecule has 3 rings (SSSR count). The summed E-state index contributed by atoms with van der Waals surface area (Å²) in [5.74, 6) is 0.985. The Labute approximate surface area is 184 Å². The van der Waals surface area contributed by atoms with Crippen LogP contribution in [0.4, 0.5) is 0 Å². The van der Waals surface area contributed by atoms with Crippen molar-refractivity contribution in [1.82, 2.24) is 5.43 Å². The smallest absolute Gasteiger partial charge is 0.277 e. The Balaban J connectivity index is 1.56. The maximum atomic E-state index is 12.0. The number of halogens is 1. The SMILES string of the molecule is Cc1ccc(OCC(=O)N/N=C\c2cc(Br)ccc2OCc2ccccc2)cc1C. The van der Waals surface area contributed by atoms with Crippen LogP contribution in [0.15, 0.2) is 76.3 Å². The van der Waals surface area contributed by atoms with Gasteiger partial charge in [0, 0.05) is 10.0 Å². The van der Waals surface area contributed by atoms with Crippen LogP contribution in [0, 0.1) is 13.8 Å². The van der Waals surface area contributed by atoms with Gasteiger partial charge in [-0.1, -0.05) is 52.3 Å². The predicted molar refractivity (Wildman–Crippen MR) is 122 cm³/mol. The van der Waals surface area contributed by atoms with Crippen LogP contribution in [0.1, 0.15) is 22.3 Å². The summed E-state index contributed by atoms with van der Waals surface area (Å²) < 4.78 is 12.3. The second-order valence-electron chi connectivity index (χ2n) is 6.78. The van der Waals surface area contributed by atoms with Gasteiger partial charge < -0.3 is 9.47 Å². The molecule has 0 saturated heterocycles. The monoisotopic (exact) mass is 466 g/mol. The number of amides is 1. The summed E-state index contributed by atoms with van der Waals surface area (Å²) in [5.41, 5.74) is 6.59. The van der Waals surface area contributed by atoms with Crippen molar-refractivity contribution in [2.24, 2.45) is 5.10 Å². The van der Waals surface area contributed by atoms with Crippen molar-refractivity contribution >= 4 is 28.1 Å². The molecule has 0 aliphatic carbocycles. The highest BCUT2D eigenvalue weighted by Crippen LogP contribution is 2.23. The average Bonchev–Trinajstić information content (AvgIpc) is 2.75. The molecule has 0 aromatic heterocycles. The molecule has 1 N–H and O–H groups in total. The molecular weight excluding hydrogens is 444 g/mol. The van der Waals surface area contributed by atoms with Crippen LogP contribution in [-0.4, -0.2) is 18.7 Å². The van der Waals surface area contributed by atoms with E-state index >= 15 is 0 Å². The van der Waals surface area contributed by atoms with E-state index in [1.54, 1.807) is 6.21 Å². The summed E-state index contributed by atoms with van der Waals surface area (Å²) in [5, 5.41) is 4.04. The normalized spacial score (nSPS) is 10.8. The van der Waals surface area contributed by atoms with Gasteiger partial charge in [-0.15, -0.1) is 0 Å². The minimum atomic E-state index is -0.341. The van der Waals surface area contributed by atoms with Crippen LogP contribution in [0.2, 0.25) is 0 Å². The zero-order valence-corrected chi connectivity index (χ0v) is 18.5. The lowest BCUT2D eigenvalue weighted by atomic mass is 10.1. The topological polar surface area (TPSA) is 59.9 Å². The van der Waals surface area contributed by atoms with Crippen molar-refractivity contribution in [3.05, 3.63) is 93.5 Å². The third-order valence-electron chi connectivity index (χ3n) is 4.45. The molecule has 0 spiro atoms. The van der Waals surface area contributed by atoms with Crippen molar-refractivity contribution < 1.29 is 14.3 Å². The Bertz CT molecular complexity index is 1040. The lowest BCUT2D eigenvalue weighted by molar-refractivity contribution is -0.123. The third kappa shape index (κ3) is 6.46. The maximum absolute atomic E-state index is 12.0. The molecule has 0 bridgehead atoms. The fourth-order valence-electron chi connectivity index (χ4n) is 2.65. The lowest BCUT2D eigenvalue weighted by Gasteiger charge is -2.10. The van der Waals surface area contributed by atoms with Gasteiger partial charge in [0.1, 0.15) is 18.1 Å². The van der Waals surface area contributed by atoms with E-state index in [-0.39, 0.29) is 12.5 Å². The summed E-state index contributed by atoms with van der Waals surface area (Å²) in [6, 6.07) is 21.3. The number of nitrogens with zero attached hydrogens (tertiary/aromatic N) is 1. The fourth-order valence-corrected chi connectivity index (χ4v) is 3.02. The van der Waals surface area contributed by atoms with E-state index < -0.39 is 0 Å². The molecule has 3 aromatic carbocycles. The van der Waals surface area contributed by atoms with Gasteiger partial charge in [0.25, 0.3) is 5.91 Å². The van der Waals surface area contributed by atoms with Gasteiger partial charge in [0.05, 0.1) is 6.21 Å². The maximum Gasteiger partial charge on any atom is 0.277 e. The molecule has 1 amide bonds. The molecule has 0 unspecified atom stereocenters. The van der Waals surface area contributed by atoms with Gasteiger partial charge in [0.15, 0.2) is 6.61 Å². The van der Waals surface area contributed by atoms with Crippen LogP contribution < -0.4 is 14.9 Å². The molecule has 0 fully saturated rings. The highest BCUT2D eigenvalue weighted by Gasteiger charge is 2.05. The van der Waals surface area contributed by atoms with Crippen LogP contribution in [-0.2, 0) is 11.4 Å². The average molecular weight is 467 g/mol. The first kappa shape index (κ1) is 21.6. The van der Waals surface area contributed by atoms with Crippen LogP contribution in [0.3, 0.4) is 0 Å². The number of aryl methyl sites for hydroxylation is 2. The molecule has 0 atom stereocenters. The quantitative estimate of drug-likeness (QED) is 0.367. The van der Waals surface area contributed by atoms with Gasteiger partial charge in [-0.2, -0.15) is 5.10 Å². The minimum Gasteiger partial charge on any atom is -0.488 e. The van der Waals surface area contributed by atoms with Crippen molar-refractivity contribution in [1.29, 1.82) is 0 Å². The van der Waals surface area contributed by atoms with E-state index in [0.29, 0.717) is 18.1 Å². The second kappa shape index (κ2) is 10.6. The summed E-state index contributed by atoms with van der Waals surface area (Å²) >= 11 is 3.45. The Hall–Kier alpha value is -3.12. The zero-order valence-electron chi connectivity index (χ0n) is 16.9. The Morgan fingerprint density at radius 2 is 1.80 bits per heavy atom. The number of hydrogen-bond acceptors (Lipinski definition) is 4. The minimum absolute atomic E-state index is 0.115. The first-order valence-electron chi connectivity index (χ1n) is 9.49. The first-order valence-corrected chi connectivity index (χ1v) is 10.3. The van der Waals surface area contributed by atoms with E-state index in [0.717, 1.165) is 21.2 Å². The van der Waals surface area contributed by atoms with Gasteiger partial charge in [-0.05, 0) is 60.9 Å². The van der Waals surface area contributed by atoms with E-state index in [4.69, 9.17) is 9.47 Å². The van der Waals surface area contributed by atoms with Gasteiger partial charge in [-0.3, -0.25) is 4.79 Å². The molecule has 6 heteroatoms.